The molecule has 20 heavy (non-hydrogen) atoms. The van der Waals surface area contributed by atoms with E-state index in [4.69, 9.17) is 0 Å². The van der Waals surface area contributed by atoms with E-state index in [-0.39, 0.29) is 0 Å². The Kier molecular flexibility index (Phi) is 4.04. The van der Waals surface area contributed by atoms with Crippen LogP contribution in [0.2, 0.25) is 0 Å². The summed E-state index contributed by atoms with van der Waals surface area (Å²) in [6, 6.07) is 0.600. The lowest BCUT2D eigenvalue weighted by atomic mass is 9.96. The molecule has 2 aromatic heterocycles. The molecule has 0 aliphatic heterocycles. The maximum Gasteiger partial charge on any atom is 0.202 e. The standard InChI is InChI=1S/C15H23N5/c1-19-12-13(11-17-19)7-9-20-10-8-16-15(20)18-14-5-3-2-4-6-14/h8,10-12,14H,2-7,9H2,1H3,(H,16,18). The molecule has 5 nitrogen and oxygen atoms in total. The first-order chi connectivity index (χ1) is 9.81. The van der Waals surface area contributed by atoms with Gasteiger partial charge in [0, 0.05) is 38.2 Å². The summed E-state index contributed by atoms with van der Waals surface area (Å²) in [6.07, 6.45) is 15.6. The fourth-order valence-corrected chi connectivity index (χ4v) is 2.91. The predicted octanol–water partition coefficient (Wildman–Crippen LogP) is 2.60. The van der Waals surface area contributed by atoms with Crippen molar-refractivity contribution in [3.05, 3.63) is 30.4 Å². The second kappa shape index (κ2) is 6.11. The molecule has 0 radical (unpaired) electrons. The third-order valence-corrected chi connectivity index (χ3v) is 4.05. The average Bonchev–Trinajstić information content (AvgIpc) is 3.07. The molecule has 0 unspecified atom stereocenters. The van der Waals surface area contributed by atoms with Crippen LogP contribution in [0.3, 0.4) is 0 Å². The lowest BCUT2D eigenvalue weighted by Crippen LogP contribution is -2.24. The smallest absolute Gasteiger partial charge is 0.202 e. The molecule has 5 heteroatoms. The van der Waals surface area contributed by atoms with Crippen LogP contribution in [0.1, 0.15) is 37.7 Å². The summed E-state index contributed by atoms with van der Waals surface area (Å²) in [7, 11) is 1.96. The molecule has 0 bridgehead atoms. The molecule has 108 valence electrons. The van der Waals surface area contributed by atoms with Crippen molar-refractivity contribution in [1.29, 1.82) is 0 Å². The van der Waals surface area contributed by atoms with E-state index in [2.05, 4.69) is 32.4 Å². The van der Waals surface area contributed by atoms with Crippen LogP contribution in [0.5, 0.6) is 0 Å². The quantitative estimate of drug-likeness (QED) is 0.911. The Morgan fingerprint density at radius 1 is 1.30 bits per heavy atom. The highest BCUT2D eigenvalue weighted by Gasteiger charge is 2.15. The van der Waals surface area contributed by atoms with Crippen LogP contribution in [0.4, 0.5) is 5.95 Å². The number of anilines is 1. The Bertz CT molecular complexity index is 536. The van der Waals surface area contributed by atoms with Crippen molar-refractivity contribution in [2.75, 3.05) is 5.32 Å². The fraction of sp³-hybridized carbons (Fsp3) is 0.600. The van der Waals surface area contributed by atoms with Crippen molar-refractivity contribution in [2.24, 2.45) is 7.05 Å². The lowest BCUT2D eigenvalue weighted by Gasteiger charge is -2.23. The molecule has 0 saturated heterocycles. The first kappa shape index (κ1) is 13.2. The highest BCUT2D eigenvalue weighted by molar-refractivity contribution is 5.28. The van der Waals surface area contributed by atoms with Crippen molar-refractivity contribution in [1.82, 2.24) is 19.3 Å². The zero-order valence-electron chi connectivity index (χ0n) is 12.1. The van der Waals surface area contributed by atoms with Crippen LogP contribution in [0.15, 0.2) is 24.8 Å². The topological polar surface area (TPSA) is 47.7 Å². The summed E-state index contributed by atoms with van der Waals surface area (Å²) in [5, 5.41) is 7.81. The molecular weight excluding hydrogens is 250 g/mol. The highest BCUT2D eigenvalue weighted by atomic mass is 15.2. The van der Waals surface area contributed by atoms with Crippen LogP contribution in [-0.2, 0) is 20.0 Å². The fourth-order valence-electron chi connectivity index (χ4n) is 2.91. The molecule has 1 N–H and O–H groups in total. The van der Waals surface area contributed by atoms with Gasteiger partial charge in [-0.05, 0) is 24.8 Å². The zero-order valence-corrected chi connectivity index (χ0v) is 12.1. The molecule has 1 aliphatic carbocycles. The summed E-state index contributed by atoms with van der Waals surface area (Å²) < 4.78 is 4.06. The zero-order chi connectivity index (χ0) is 13.8. The van der Waals surface area contributed by atoms with E-state index in [1.165, 1.54) is 37.7 Å². The average molecular weight is 273 g/mol. The van der Waals surface area contributed by atoms with Crippen molar-refractivity contribution in [3.63, 3.8) is 0 Å². The van der Waals surface area contributed by atoms with Gasteiger partial charge >= 0.3 is 0 Å². The van der Waals surface area contributed by atoms with Gasteiger partial charge in [0.05, 0.1) is 6.20 Å². The van der Waals surface area contributed by atoms with Gasteiger partial charge in [-0.25, -0.2) is 4.98 Å². The lowest BCUT2D eigenvalue weighted by molar-refractivity contribution is 0.459. The number of aryl methyl sites for hydroxylation is 3. The number of hydrogen-bond acceptors (Lipinski definition) is 3. The van der Waals surface area contributed by atoms with Gasteiger partial charge in [-0.2, -0.15) is 5.10 Å². The van der Waals surface area contributed by atoms with Crippen LogP contribution >= 0.6 is 0 Å². The van der Waals surface area contributed by atoms with Crippen molar-refractivity contribution < 1.29 is 0 Å². The Morgan fingerprint density at radius 2 is 2.15 bits per heavy atom. The van der Waals surface area contributed by atoms with E-state index in [9.17, 15) is 0 Å². The number of imidazole rings is 1. The van der Waals surface area contributed by atoms with Gasteiger partial charge in [0.15, 0.2) is 0 Å². The van der Waals surface area contributed by atoms with E-state index in [1.807, 2.05) is 24.1 Å². The molecule has 2 aromatic rings. The Labute approximate surface area is 120 Å². The number of nitrogens with one attached hydrogen (secondary N) is 1. The van der Waals surface area contributed by atoms with E-state index in [0.717, 1.165) is 18.9 Å². The van der Waals surface area contributed by atoms with E-state index in [1.54, 1.807) is 0 Å². The molecule has 0 spiro atoms. The maximum atomic E-state index is 4.46. The predicted molar refractivity (Wildman–Crippen MR) is 79.6 cm³/mol. The van der Waals surface area contributed by atoms with Crippen LogP contribution in [0.25, 0.3) is 0 Å². The molecular formula is C15H23N5. The minimum Gasteiger partial charge on any atom is -0.353 e. The first-order valence-corrected chi connectivity index (χ1v) is 7.56. The third-order valence-electron chi connectivity index (χ3n) is 4.05. The van der Waals surface area contributed by atoms with E-state index >= 15 is 0 Å². The van der Waals surface area contributed by atoms with Gasteiger partial charge in [-0.15, -0.1) is 0 Å². The van der Waals surface area contributed by atoms with Crippen LogP contribution in [0, 0.1) is 0 Å². The first-order valence-electron chi connectivity index (χ1n) is 7.56. The monoisotopic (exact) mass is 273 g/mol. The number of aromatic nitrogens is 4. The minimum absolute atomic E-state index is 0.600. The largest absolute Gasteiger partial charge is 0.353 e. The van der Waals surface area contributed by atoms with Gasteiger partial charge in [0.25, 0.3) is 0 Å². The number of hydrogen-bond donors (Lipinski definition) is 1. The van der Waals surface area contributed by atoms with Crippen LogP contribution in [-0.4, -0.2) is 25.4 Å². The van der Waals surface area contributed by atoms with Gasteiger partial charge in [-0.3, -0.25) is 4.68 Å². The summed E-state index contributed by atoms with van der Waals surface area (Å²) >= 11 is 0. The molecule has 0 aromatic carbocycles. The molecule has 3 rings (SSSR count). The molecule has 1 fully saturated rings. The second-order valence-corrected chi connectivity index (χ2v) is 5.70. The third kappa shape index (κ3) is 3.21. The normalized spacial score (nSPS) is 16.4. The van der Waals surface area contributed by atoms with Crippen molar-refractivity contribution in [2.45, 2.75) is 51.1 Å². The highest BCUT2D eigenvalue weighted by Crippen LogP contribution is 2.21. The van der Waals surface area contributed by atoms with Crippen LogP contribution < -0.4 is 5.32 Å². The van der Waals surface area contributed by atoms with Gasteiger partial charge in [0.2, 0.25) is 5.95 Å². The SMILES string of the molecule is Cn1cc(CCn2ccnc2NC2CCCCC2)cn1. The maximum absolute atomic E-state index is 4.46. The minimum atomic E-state index is 0.600. The van der Waals surface area contributed by atoms with E-state index < -0.39 is 0 Å². The summed E-state index contributed by atoms with van der Waals surface area (Å²) in [6.45, 7) is 0.945. The Morgan fingerprint density at radius 3 is 2.90 bits per heavy atom. The summed E-state index contributed by atoms with van der Waals surface area (Å²) in [5.41, 5.74) is 1.27. The van der Waals surface area contributed by atoms with Gasteiger partial charge in [-0.1, -0.05) is 19.3 Å². The van der Waals surface area contributed by atoms with Gasteiger partial charge < -0.3 is 9.88 Å². The summed E-state index contributed by atoms with van der Waals surface area (Å²) in [5.74, 6) is 1.01. The van der Waals surface area contributed by atoms with Crippen molar-refractivity contribution in [3.8, 4) is 0 Å². The molecule has 2 heterocycles. The molecule has 0 amide bonds. The van der Waals surface area contributed by atoms with Crippen molar-refractivity contribution >= 4 is 5.95 Å². The Hall–Kier alpha value is -1.78. The Balaban J connectivity index is 1.58. The number of rotatable bonds is 5. The molecule has 1 saturated carbocycles. The molecule has 0 atom stereocenters. The molecule has 1 aliphatic rings. The summed E-state index contributed by atoms with van der Waals surface area (Å²) in [4.78, 5) is 4.46. The second-order valence-electron chi connectivity index (χ2n) is 5.70. The number of nitrogens with zero attached hydrogens (tertiary/aromatic N) is 4. The van der Waals surface area contributed by atoms with E-state index in [0.29, 0.717) is 6.04 Å². The van der Waals surface area contributed by atoms with Gasteiger partial charge in [0.1, 0.15) is 0 Å².